The fourth-order valence-corrected chi connectivity index (χ4v) is 3.26. The van der Waals surface area contributed by atoms with E-state index in [0.717, 1.165) is 10.1 Å². The Morgan fingerprint density at radius 2 is 1.68 bits per heavy atom. The maximum absolute atomic E-state index is 12.9. The average molecular weight is 386 g/mol. The average Bonchev–Trinajstić information content (AvgIpc) is 3.13. The highest BCUT2D eigenvalue weighted by atomic mass is 35.5. The first kappa shape index (κ1) is 17.5. The molecule has 0 bridgehead atoms. The molecule has 28 heavy (non-hydrogen) atoms. The van der Waals surface area contributed by atoms with Crippen molar-refractivity contribution in [3.05, 3.63) is 92.5 Å². The molecule has 4 rings (SSSR count). The molecule has 2 heterocycles. The van der Waals surface area contributed by atoms with Crippen LogP contribution in [0.3, 0.4) is 0 Å². The fraction of sp³-hybridized carbons (Fsp3) is 0.0476. The van der Waals surface area contributed by atoms with Gasteiger partial charge in [0.2, 0.25) is 0 Å². The van der Waals surface area contributed by atoms with Crippen LogP contribution in [0, 0.1) is 22.7 Å². The molecule has 6 nitrogen and oxygen atoms in total. The first-order valence-electron chi connectivity index (χ1n) is 8.40. The number of halogens is 1. The van der Waals surface area contributed by atoms with Crippen LogP contribution in [0.2, 0.25) is 5.02 Å². The SMILES string of the molecule is N#Cc1c(-c2ccc(Cl)cc2)c(C#N)c2nc(Cc3ccccc3)[nH]n2c1=O. The molecule has 0 saturated carbocycles. The van der Waals surface area contributed by atoms with Crippen molar-refractivity contribution in [2.75, 3.05) is 0 Å². The summed E-state index contributed by atoms with van der Waals surface area (Å²) in [5.41, 5.74) is 1.52. The number of nitrogens with one attached hydrogen (secondary N) is 1. The summed E-state index contributed by atoms with van der Waals surface area (Å²) >= 11 is 5.94. The molecule has 2 aromatic heterocycles. The van der Waals surface area contributed by atoms with Crippen LogP contribution in [0.4, 0.5) is 0 Å². The summed E-state index contributed by atoms with van der Waals surface area (Å²) in [6.07, 6.45) is 0.463. The van der Waals surface area contributed by atoms with E-state index < -0.39 is 5.56 Å². The minimum absolute atomic E-state index is 0.119. The molecular formula is C21H12ClN5O. The maximum atomic E-state index is 12.9. The van der Waals surface area contributed by atoms with Crippen molar-refractivity contribution in [1.82, 2.24) is 14.6 Å². The highest BCUT2D eigenvalue weighted by molar-refractivity contribution is 6.30. The van der Waals surface area contributed by atoms with Gasteiger partial charge in [0.1, 0.15) is 29.1 Å². The lowest BCUT2D eigenvalue weighted by atomic mass is 9.97. The molecule has 0 radical (unpaired) electrons. The summed E-state index contributed by atoms with van der Waals surface area (Å²) in [7, 11) is 0. The molecule has 0 aliphatic heterocycles. The molecule has 134 valence electrons. The van der Waals surface area contributed by atoms with Gasteiger partial charge < -0.3 is 0 Å². The lowest BCUT2D eigenvalue weighted by Crippen LogP contribution is -2.20. The highest BCUT2D eigenvalue weighted by Gasteiger charge is 2.22. The van der Waals surface area contributed by atoms with Gasteiger partial charge in [-0.3, -0.25) is 9.89 Å². The standard InChI is InChI=1S/C21H12ClN5O/c22-15-8-6-14(7-9-15)19-16(11-23)20-25-18(10-13-4-2-1-3-5-13)26-27(20)21(28)17(19)12-24/h1-9H,10H2,(H,25,26). The van der Waals surface area contributed by atoms with E-state index in [9.17, 15) is 15.3 Å². The van der Waals surface area contributed by atoms with Gasteiger partial charge in [-0.05, 0) is 23.3 Å². The Morgan fingerprint density at radius 1 is 1.00 bits per heavy atom. The van der Waals surface area contributed by atoms with E-state index in [1.807, 2.05) is 36.4 Å². The quantitative estimate of drug-likeness (QED) is 0.581. The molecule has 1 N–H and O–H groups in total. The topological polar surface area (TPSA) is 97.7 Å². The second-order valence-electron chi connectivity index (χ2n) is 6.15. The Kier molecular flexibility index (Phi) is 4.41. The zero-order valence-corrected chi connectivity index (χ0v) is 15.2. The summed E-state index contributed by atoms with van der Waals surface area (Å²) in [6, 6.07) is 20.3. The number of nitriles is 2. The van der Waals surface area contributed by atoms with Crippen LogP contribution in [0.5, 0.6) is 0 Å². The zero-order valence-electron chi connectivity index (χ0n) is 14.5. The first-order chi connectivity index (χ1) is 13.6. The van der Waals surface area contributed by atoms with Crippen molar-refractivity contribution in [1.29, 1.82) is 10.5 Å². The molecule has 0 atom stereocenters. The van der Waals surface area contributed by atoms with E-state index in [4.69, 9.17) is 11.6 Å². The number of pyridine rings is 1. The monoisotopic (exact) mass is 385 g/mol. The predicted molar refractivity (Wildman–Crippen MR) is 105 cm³/mol. The van der Waals surface area contributed by atoms with Gasteiger partial charge in [0.25, 0.3) is 5.56 Å². The maximum Gasteiger partial charge on any atom is 0.289 e. The van der Waals surface area contributed by atoms with Crippen molar-refractivity contribution < 1.29 is 0 Å². The van der Waals surface area contributed by atoms with Gasteiger partial charge >= 0.3 is 0 Å². The minimum atomic E-state index is -0.548. The number of aromatic nitrogens is 3. The Labute approximate surface area is 164 Å². The first-order valence-corrected chi connectivity index (χ1v) is 8.78. The Morgan fingerprint density at radius 3 is 2.32 bits per heavy atom. The smallest absolute Gasteiger partial charge is 0.276 e. The van der Waals surface area contributed by atoms with E-state index in [-0.39, 0.29) is 22.3 Å². The van der Waals surface area contributed by atoms with Gasteiger partial charge in [0.05, 0.1) is 0 Å². The number of fused-ring (bicyclic) bond motifs is 1. The summed E-state index contributed by atoms with van der Waals surface area (Å²) in [5, 5.41) is 22.8. The zero-order chi connectivity index (χ0) is 19.7. The van der Waals surface area contributed by atoms with Crippen LogP contribution in [0.15, 0.2) is 59.4 Å². The van der Waals surface area contributed by atoms with E-state index in [0.29, 0.717) is 22.8 Å². The van der Waals surface area contributed by atoms with Crippen LogP contribution in [0.1, 0.15) is 22.5 Å². The molecule has 0 aliphatic carbocycles. The molecule has 4 aromatic rings. The number of hydrogen-bond acceptors (Lipinski definition) is 4. The lowest BCUT2D eigenvalue weighted by molar-refractivity contribution is 0.870. The molecule has 0 aliphatic rings. The number of benzene rings is 2. The fourth-order valence-electron chi connectivity index (χ4n) is 3.14. The molecule has 0 unspecified atom stereocenters. The Balaban J connectivity index is 1.98. The molecule has 0 saturated heterocycles. The van der Waals surface area contributed by atoms with Crippen molar-refractivity contribution in [3.63, 3.8) is 0 Å². The number of rotatable bonds is 3. The van der Waals surface area contributed by atoms with E-state index in [1.165, 1.54) is 0 Å². The highest BCUT2D eigenvalue weighted by Crippen LogP contribution is 2.29. The predicted octanol–water partition coefficient (Wildman–Crippen LogP) is 3.68. The Hall–Kier alpha value is -3.87. The van der Waals surface area contributed by atoms with Crippen molar-refractivity contribution in [2.24, 2.45) is 0 Å². The lowest BCUT2D eigenvalue weighted by Gasteiger charge is -2.07. The third kappa shape index (κ3) is 2.92. The second kappa shape index (κ2) is 7.03. The van der Waals surface area contributed by atoms with Crippen molar-refractivity contribution in [3.8, 4) is 23.3 Å². The van der Waals surface area contributed by atoms with E-state index >= 15 is 0 Å². The molecular weight excluding hydrogens is 374 g/mol. The van der Waals surface area contributed by atoms with Gasteiger partial charge in [0, 0.05) is 17.0 Å². The summed E-state index contributed by atoms with van der Waals surface area (Å²) in [5.74, 6) is 0.525. The number of nitrogens with zero attached hydrogens (tertiary/aromatic N) is 4. The van der Waals surface area contributed by atoms with Crippen LogP contribution in [-0.2, 0) is 6.42 Å². The molecule has 0 amide bonds. The van der Waals surface area contributed by atoms with Crippen molar-refractivity contribution in [2.45, 2.75) is 6.42 Å². The van der Waals surface area contributed by atoms with Crippen LogP contribution < -0.4 is 5.56 Å². The number of H-pyrrole nitrogens is 1. The minimum Gasteiger partial charge on any atom is -0.276 e. The molecule has 0 fully saturated rings. The van der Waals surface area contributed by atoms with Crippen molar-refractivity contribution >= 4 is 17.2 Å². The number of hydrogen-bond donors (Lipinski definition) is 1. The van der Waals surface area contributed by atoms with Crippen LogP contribution in [0.25, 0.3) is 16.8 Å². The second-order valence-corrected chi connectivity index (χ2v) is 6.59. The van der Waals surface area contributed by atoms with E-state index in [1.54, 1.807) is 24.3 Å². The number of aromatic amines is 1. The van der Waals surface area contributed by atoms with E-state index in [2.05, 4.69) is 16.2 Å². The van der Waals surface area contributed by atoms with Gasteiger partial charge in [-0.2, -0.15) is 15.0 Å². The van der Waals surface area contributed by atoms with Gasteiger partial charge in [-0.15, -0.1) is 0 Å². The van der Waals surface area contributed by atoms with Gasteiger partial charge in [0.15, 0.2) is 5.65 Å². The van der Waals surface area contributed by atoms with Gasteiger partial charge in [-0.25, -0.2) is 4.98 Å². The third-order valence-corrected chi connectivity index (χ3v) is 4.66. The molecule has 0 spiro atoms. The van der Waals surface area contributed by atoms with Crippen LogP contribution >= 0.6 is 11.6 Å². The van der Waals surface area contributed by atoms with Crippen LogP contribution in [-0.4, -0.2) is 14.6 Å². The summed E-state index contributed by atoms with van der Waals surface area (Å²) < 4.78 is 1.16. The van der Waals surface area contributed by atoms with Gasteiger partial charge in [-0.1, -0.05) is 54.1 Å². The summed E-state index contributed by atoms with van der Waals surface area (Å²) in [6.45, 7) is 0. The summed E-state index contributed by atoms with van der Waals surface area (Å²) in [4.78, 5) is 17.4. The molecule has 2 aromatic carbocycles. The largest absolute Gasteiger partial charge is 0.289 e. The normalized spacial score (nSPS) is 10.5. The third-order valence-electron chi connectivity index (χ3n) is 4.40. The molecule has 7 heteroatoms. The Bertz CT molecular complexity index is 1320.